The van der Waals surface area contributed by atoms with Gasteiger partial charge in [-0.05, 0) is 80.0 Å². The molecule has 1 unspecified atom stereocenters. The van der Waals surface area contributed by atoms with Crippen LogP contribution in [0.5, 0.6) is 5.75 Å². The highest BCUT2D eigenvalue weighted by Gasteiger charge is 2.78. The smallest absolute Gasteiger partial charge is 0.338 e. The maximum Gasteiger partial charge on any atom is 0.338 e. The van der Waals surface area contributed by atoms with E-state index in [1.165, 1.54) is 43.9 Å². The summed E-state index contributed by atoms with van der Waals surface area (Å²) in [5.74, 6) is -1.33. The number of nitro benzene ring substituents is 1. The Bertz CT molecular complexity index is 2750. The number of anilines is 1. The maximum atomic E-state index is 15.5. The van der Waals surface area contributed by atoms with E-state index in [2.05, 4.69) is 58.1 Å². The Balaban J connectivity index is 1.21. The molecule has 4 aromatic rings. The molecule has 3 aromatic carbocycles. The quantitative estimate of drug-likeness (QED) is 0.0589. The molecule has 67 heavy (non-hydrogen) atoms. The topological polar surface area (TPSA) is 177 Å². The standard InChI is InChI=1S/C52H59N5O10/c1-7-32-24-33-27-51(48(60)65-6,43-37(18-22-55(28-32)29-33)36-12-9-10-13-40(36)53-43)39-25-38-41(26-42(39)64-5)54(4)46-50(38)20-23-56-21-11-19-49(8-2,45(50)56)47(67-31(3)58)52(46,61)30-66-44(59)34-14-16-35(17-15-34)57(62)63/h9-17,19,24-26,33,45-47,53,61H,7-8,18,20-23,27-30H2,1-6H3/t33-,45+,46+,47+,49+,50-,51-,52-/m0/s1. The minimum absolute atomic E-state index is 0.0143. The molecule has 2 N–H and O–H groups in total. The zero-order valence-corrected chi connectivity index (χ0v) is 39.0. The summed E-state index contributed by atoms with van der Waals surface area (Å²) in [6.07, 6.45) is 8.40. The van der Waals surface area contributed by atoms with Gasteiger partial charge in [0.05, 0.1) is 30.7 Å². The molecule has 15 heteroatoms. The lowest BCUT2D eigenvalue weighted by molar-refractivity contribution is -0.384. The van der Waals surface area contributed by atoms with E-state index in [0.717, 1.165) is 59.5 Å². The van der Waals surface area contributed by atoms with Crippen molar-refractivity contribution in [1.82, 2.24) is 14.8 Å². The number of aromatic amines is 1. The van der Waals surface area contributed by atoms with Crippen molar-refractivity contribution in [3.05, 3.63) is 123 Å². The first-order chi connectivity index (χ1) is 32.2. The highest BCUT2D eigenvalue weighted by molar-refractivity contribution is 5.94. The van der Waals surface area contributed by atoms with Gasteiger partial charge in [-0.1, -0.05) is 55.8 Å². The van der Waals surface area contributed by atoms with Crippen molar-refractivity contribution in [3.63, 3.8) is 0 Å². The summed E-state index contributed by atoms with van der Waals surface area (Å²) in [6.45, 7) is 8.74. The zero-order chi connectivity index (χ0) is 47.2. The van der Waals surface area contributed by atoms with Crippen molar-refractivity contribution < 1.29 is 43.4 Å². The van der Waals surface area contributed by atoms with Gasteiger partial charge in [0, 0.05) is 103 Å². The average Bonchev–Trinajstić information content (AvgIpc) is 4.00. The molecule has 1 aliphatic carbocycles. The van der Waals surface area contributed by atoms with E-state index in [-0.39, 0.29) is 23.2 Å². The zero-order valence-electron chi connectivity index (χ0n) is 39.0. The van der Waals surface area contributed by atoms with E-state index in [0.29, 0.717) is 50.1 Å². The minimum atomic E-state index is -2.02. The monoisotopic (exact) mass is 913 g/mol. The van der Waals surface area contributed by atoms with E-state index in [4.69, 9.17) is 18.9 Å². The molecule has 1 spiro atoms. The largest absolute Gasteiger partial charge is 0.496 e. The normalized spacial score (nSPS) is 31.5. The van der Waals surface area contributed by atoms with Gasteiger partial charge < -0.3 is 33.9 Å². The Labute approximate surface area is 389 Å². The molecular formula is C52H59N5O10. The number of aliphatic hydroxyl groups is 1. The second-order valence-electron chi connectivity index (χ2n) is 19.5. The van der Waals surface area contributed by atoms with Gasteiger partial charge in [-0.2, -0.15) is 0 Å². The maximum absolute atomic E-state index is 15.5. The van der Waals surface area contributed by atoms with Crippen LogP contribution in [0.1, 0.15) is 79.2 Å². The number of likely N-dealkylation sites (N-methyl/N-ethyl adjacent to an activating group) is 1. The summed E-state index contributed by atoms with van der Waals surface area (Å²) in [5, 5.41) is 26.4. The molecule has 15 nitrogen and oxygen atoms in total. The molecule has 6 heterocycles. The summed E-state index contributed by atoms with van der Waals surface area (Å²) in [6, 6.07) is 16.3. The van der Waals surface area contributed by atoms with Crippen LogP contribution in [0, 0.1) is 21.4 Å². The summed E-state index contributed by atoms with van der Waals surface area (Å²) < 4.78 is 24.9. The third-order valence-corrected chi connectivity index (χ3v) is 16.4. The van der Waals surface area contributed by atoms with Crippen LogP contribution < -0.4 is 9.64 Å². The number of non-ortho nitro benzene ring substituents is 1. The predicted octanol–water partition coefficient (Wildman–Crippen LogP) is 6.39. The number of hydrogen-bond donors (Lipinski definition) is 2. The van der Waals surface area contributed by atoms with Gasteiger partial charge >= 0.3 is 17.9 Å². The first-order valence-electron chi connectivity index (χ1n) is 23.5. The SMILES string of the molecule is CCC1=C[C@@H]2CN(CCc3c([nH]c4ccccc34)[C@@](C(=O)OC)(c3cc4c(cc3OC)N(C)[C@H]3[C@@](O)(COC(=O)c5ccc([N+](=O)[O-])cc5)[C@H](OC(C)=O)[C@]5(CC)C=CCN6CC[C@@]43[C@H]65)C2)C1. The second kappa shape index (κ2) is 16.3. The van der Waals surface area contributed by atoms with Crippen molar-refractivity contribution >= 4 is 40.2 Å². The molecule has 352 valence electrons. The lowest BCUT2D eigenvalue weighted by atomic mass is 9.47. The number of nitrogens with zero attached hydrogens (tertiary/aromatic N) is 4. The number of fused-ring (bicyclic) bond motifs is 6. The van der Waals surface area contributed by atoms with Gasteiger partial charge in [0.15, 0.2) is 5.60 Å². The third kappa shape index (κ3) is 6.43. The van der Waals surface area contributed by atoms with Gasteiger partial charge in [-0.15, -0.1) is 0 Å². The Morgan fingerprint density at radius 2 is 1.79 bits per heavy atom. The van der Waals surface area contributed by atoms with Gasteiger partial charge in [0.25, 0.3) is 5.69 Å². The first kappa shape index (κ1) is 44.8. The van der Waals surface area contributed by atoms with Crippen LogP contribution in [0.2, 0.25) is 0 Å². The first-order valence-corrected chi connectivity index (χ1v) is 23.5. The second-order valence-corrected chi connectivity index (χ2v) is 19.5. The van der Waals surface area contributed by atoms with Crippen molar-refractivity contribution in [2.75, 3.05) is 65.5 Å². The number of nitrogens with one attached hydrogen (secondary N) is 1. The number of carbonyl (C=O) groups excluding carboxylic acids is 3. The Morgan fingerprint density at radius 3 is 2.49 bits per heavy atom. The Morgan fingerprint density at radius 1 is 1.01 bits per heavy atom. The van der Waals surface area contributed by atoms with E-state index in [9.17, 15) is 24.8 Å². The molecule has 0 radical (unpaired) electrons. The van der Waals surface area contributed by atoms with Crippen LogP contribution in [0.15, 0.2) is 84.5 Å². The van der Waals surface area contributed by atoms with E-state index in [1.807, 2.05) is 37.1 Å². The molecule has 2 fully saturated rings. The fraction of sp³-hybridized carbons (Fsp3) is 0.481. The van der Waals surface area contributed by atoms with Crippen LogP contribution in [-0.2, 0) is 41.1 Å². The van der Waals surface area contributed by atoms with Gasteiger partial charge in [-0.25, -0.2) is 4.79 Å². The van der Waals surface area contributed by atoms with Crippen molar-refractivity contribution in [3.8, 4) is 5.75 Å². The van der Waals surface area contributed by atoms with Crippen molar-refractivity contribution in [2.45, 2.75) is 87.5 Å². The molecule has 1 saturated heterocycles. The number of esters is 3. The number of methoxy groups -OCH3 is 2. The predicted molar refractivity (Wildman–Crippen MR) is 250 cm³/mol. The van der Waals surface area contributed by atoms with E-state index in [1.54, 1.807) is 7.11 Å². The van der Waals surface area contributed by atoms with Crippen molar-refractivity contribution in [1.29, 1.82) is 0 Å². The molecular weight excluding hydrogens is 855 g/mol. The molecule has 0 amide bonds. The number of ether oxygens (including phenoxy) is 4. The third-order valence-electron chi connectivity index (χ3n) is 16.4. The number of rotatable bonds is 10. The number of hydrogen-bond acceptors (Lipinski definition) is 13. The number of para-hydroxylation sites is 1. The lowest BCUT2D eigenvalue weighted by Gasteiger charge is -2.64. The number of aromatic nitrogens is 1. The van der Waals surface area contributed by atoms with Crippen LogP contribution in [0.3, 0.4) is 0 Å². The van der Waals surface area contributed by atoms with Crippen LogP contribution >= 0.6 is 0 Å². The highest BCUT2D eigenvalue weighted by atomic mass is 16.6. The molecule has 5 aliphatic heterocycles. The van der Waals surface area contributed by atoms with E-state index < -0.39 is 63.4 Å². The summed E-state index contributed by atoms with van der Waals surface area (Å²) in [7, 11) is 4.98. The van der Waals surface area contributed by atoms with Gasteiger partial charge in [0.1, 0.15) is 23.9 Å². The van der Waals surface area contributed by atoms with Gasteiger partial charge in [-0.3, -0.25) is 29.5 Å². The van der Waals surface area contributed by atoms with Crippen LogP contribution in [0.25, 0.3) is 10.9 Å². The lowest BCUT2D eigenvalue weighted by Crippen LogP contribution is -2.80. The van der Waals surface area contributed by atoms with Gasteiger partial charge in [0.2, 0.25) is 0 Å². The number of carbonyl (C=O) groups is 3. The summed E-state index contributed by atoms with van der Waals surface area (Å²) in [5.41, 5.74) is 1.06. The Hall–Kier alpha value is -6.03. The minimum Gasteiger partial charge on any atom is -0.496 e. The van der Waals surface area contributed by atoms with Crippen molar-refractivity contribution in [2.24, 2.45) is 11.3 Å². The highest BCUT2D eigenvalue weighted by Crippen LogP contribution is 2.68. The summed E-state index contributed by atoms with van der Waals surface area (Å²) >= 11 is 0. The fourth-order valence-corrected chi connectivity index (χ4v) is 14.0. The van der Waals surface area contributed by atoms with E-state index >= 15 is 4.79 Å². The average molecular weight is 914 g/mol. The number of benzene rings is 3. The number of H-pyrrole nitrogens is 1. The fourth-order valence-electron chi connectivity index (χ4n) is 14.0. The molecule has 1 saturated carbocycles. The molecule has 1 aromatic heterocycles. The van der Waals surface area contributed by atoms with Crippen LogP contribution in [0.4, 0.5) is 11.4 Å². The summed E-state index contributed by atoms with van der Waals surface area (Å²) in [4.78, 5) is 64.3. The van der Waals surface area contributed by atoms with Crippen LogP contribution in [-0.4, -0.2) is 127 Å². The Kier molecular flexibility index (Phi) is 10.9. The molecule has 2 bridgehead atoms. The molecule has 6 aliphatic rings. The molecule has 9 atom stereocenters. The molecule has 10 rings (SSSR count). The number of nitro groups is 1.